The van der Waals surface area contributed by atoms with Crippen LogP contribution >= 0.6 is 24.8 Å². The molecule has 3 aromatic rings. The Bertz CT molecular complexity index is 1100. The monoisotopic (exact) mass is 507 g/mol. The van der Waals surface area contributed by atoms with Crippen LogP contribution in [0.2, 0.25) is 0 Å². The molecule has 9 heteroatoms. The Hall–Kier alpha value is -2.87. The Morgan fingerprint density at radius 3 is 2.68 bits per heavy atom. The van der Waals surface area contributed by atoms with Gasteiger partial charge in [0.1, 0.15) is 11.6 Å². The minimum absolute atomic E-state index is 0. The number of halogens is 3. The van der Waals surface area contributed by atoms with E-state index in [1.54, 1.807) is 30.5 Å². The van der Waals surface area contributed by atoms with Gasteiger partial charge in [-0.25, -0.2) is 4.39 Å². The fourth-order valence-corrected chi connectivity index (χ4v) is 3.99. The summed E-state index contributed by atoms with van der Waals surface area (Å²) < 4.78 is 25.1. The molecule has 2 heterocycles. The quantitative estimate of drug-likeness (QED) is 0.485. The lowest BCUT2D eigenvalue weighted by Crippen LogP contribution is -2.29. The SMILES string of the molecule is COc1ccc(C(=O)N2CCC(Cc3ccccn3)C2)cc1Oc1cc(F)cc(CN)c1.Cl.Cl. The van der Waals surface area contributed by atoms with Crippen molar-refractivity contribution in [1.29, 1.82) is 0 Å². The third-order valence-electron chi connectivity index (χ3n) is 5.60. The first-order chi connectivity index (χ1) is 15.6. The number of carbonyl (C=O) groups excluding carboxylic acids is 1. The van der Waals surface area contributed by atoms with Crippen molar-refractivity contribution in [2.24, 2.45) is 11.7 Å². The summed E-state index contributed by atoms with van der Waals surface area (Å²) in [6.45, 7) is 1.57. The molecule has 1 amide bonds. The van der Waals surface area contributed by atoms with Gasteiger partial charge in [-0.3, -0.25) is 9.78 Å². The zero-order chi connectivity index (χ0) is 22.5. The predicted molar refractivity (Wildman–Crippen MR) is 134 cm³/mol. The molecule has 2 aromatic carbocycles. The van der Waals surface area contributed by atoms with E-state index >= 15 is 0 Å². The number of nitrogens with zero attached hydrogens (tertiary/aromatic N) is 2. The van der Waals surface area contributed by atoms with E-state index in [4.69, 9.17) is 15.2 Å². The molecule has 2 N–H and O–H groups in total. The number of hydrogen-bond donors (Lipinski definition) is 1. The average Bonchev–Trinajstić information content (AvgIpc) is 3.27. The van der Waals surface area contributed by atoms with Crippen molar-refractivity contribution >= 4 is 30.7 Å². The Morgan fingerprint density at radius 1 is 1.15 bits per heavy atom. The van der Waals surface area contributed by atoms with Gasteiger partial charge < -0.3 is 20.1 Å². The molecular formula is C25H28Cl2FN3O3. The van der Waals surface area contributed by atoms with E-state index in [1.807, 2.05) is 23.1 Å². The van der Waals surface area contributed by atoms with Crippen LogP contribution in [-0.4, -0.2) is 36.0 Å². The van der Waals surface area contributed by atoms with E-state index in [-0.39, 0.29) is 37.3 Å². The third-order valence-corrected chi connectivity index (χ3v) is 5.60. The van der Waals surface area contributed by atoms with Crippen LogP contribution < -0.4 is 15.2 Å². The lowest BCUT2D eigenvalue weighted by Gasteiger charge is -2.18. The molecule has 4 rings (SSSR count). The van der Waals surface area contributed by atoms with E-state index < -0.39 is 5.82 Å². The molecular weight excluding hydrogens is 480 g/mol. The van der Waals surface area contributed by atoms with Crippen molar-refractivity contribution < 1.29 is 18.7 Å². The van der Waals surface area contributed by atoms with Crippen molar-refractivity contribution in [1.82, 2.24) is 9.88 Å². The van der Waals surface area contributed by atoms with E-state index in [1.165, 1.54) is 19.2 Å². The van der Waals surface area contributed by atoms with Gasteiger partial charge >= 0.3 is 0 Å². The molecule has 34 heavy (non-hydrogen) atoms. The number of methoxy groups -OCH3 is 1. The van der Waals surface area contributed by atoms with Gasteiger partial charge in [-0.15, -0.1) is 24.8 Å². The van der Waals surface area contributed by atoms with Crippen molar-refractivity contribution in [2.45, 2.75) is 19.4 Å². The summed E-state index contributed by atoms with van der Waals surface area (Å²) in [5, 5.41) is 0. The fraction of sp³-hybridized carbons (Fsp3) is 0.280. The highest BCUT2D eigenvalue weighted by molar-refractivity contribution is 5.95. The van der Waals surface area contributed by atoms with Crippen LogP contribution in [0, 0.1) is 11.7 Å². The lowest BCUT2D eigenvalue weighted by molar-refractivity contribution is 0.0786. The number of nitrogens with two attached hydrogens (primary N) is 1. The molecule has 1 aromatic heterocycles. The van der Waals surface area contributed by atoms with E-state index in [0.29, 0.717) is 47.4 Å². The number of aromatic nitrogens is 1. The fourth-order valence-electron chi connectivity index (χ4n) is 3.99. The first kappa shape index (κ1) is 27.4. The second-order valence-electron chi connectivity index (χ2n) is 7.90. The summed E-state index contributed by atoms with van der Waals surface area (Å²) in [5.41, 5.74) is 7.78. The van der Waals surface area contributed by atoms with Gasteiger partial charge in [-0.2, -0.15) is 0 Å². The summed E-state index contributed by atoms with van der Waals surface area (Å²) in [5.74, 6) is 0.966. The number of carbonyl (C=O) groups is 1. The lowest BCUT2D eigenvalue weighted by atomic mass is 10.0. The second kappa shape index (κ2) is 12.6. The van der Waals surface area contributed by atoms with Gasteiger partial charge in [-0.1, -0.05) is 6.07 Å². The van der Waals surface area contributed by atoms with Gasteiger partial charge in [0, 0.05) is 43.2 Å². The normalized spacial score (nSPS) is 14.7. The van der Waals surface area contributed by atoms with E-state index in [9.17, 15) is 9.18 Å². The molecule has 0 radical (unpaired) electrons. The Balaban J connectivity index is 0.00000204. The molecule has 0 spiro atoms. The van der Waals surface area contributed by atoms with Gasteiger partial charge in [0.2, 0.25) is 0 Å². The molecule has 0 saturated carbocycles. The van der Waals surface area contributed by atoms with Crippen LogP contribution in [-0.2, 0) is 13.0 Å². The predicted octanol–water partition coefficient (Wildman–Crippen LogP) is 5.03. The topological polar surface area (TPSA) is 77.7 Å². The highest BCUT2D eigenvalue weighted by Gasteiger charge is 2.28. The van der Waals surface area contributed by atoms with Gasteiger partial charge in [0.15, 0.2) is 11.5 Å². The zero-order valence-corrected chi connectivity index (χ0v) is 20.4. The number of rotatable bonds is 7. The first-order valence-corrected chi connectivity index (χ1v) is 10.6. The van der Waals surface area contributed by atoms with Crippen molar-refractivity contribution in [3.05, 3.63) is 83.4 Å². The van der Waals surface area contributed by atoms with Crippen LogP contribution in [0.4, 0.5) is 4.39 Å². The standard InChI is InChI=1S/C25H26FN3O3.2ClH/c1-31-23-6-5-19(13-24(23)32-22-12-18(15-27)10-20(26)14-22)25(30)29-9-7-17(16-29)11-21-4-2-3-8-28-21;;/h2-6,8,10,12-14,17H,7,9,11,15-16,27H2,1H3;2*1H. The highest BCUT2D eigenvalue weighted by atomic mass is 35.5. The van der Waals surface area contributed by atoms with Gasteiger partial charge in [-0.05, 0) is 66.8 Å². The average molecular weight is 508 g/mol. The van der Waals surface area contributed by atoms with Crippen LogP contribution in [0.25, 0.3) is 0 Å². The number of likely N-dealkylation sites (tertiary alicyclic amines) is 1. The summed E-state index contributed by atoms with van der Waals surface area (Å²) in [6.07, 6.45) is 3.58. The van der Waals surface area contributed by atoms with Gasteiger partial charge in [0.05, 0.1) is 7.11 Å². The van der Waals surface area contributed by atoms with Crippen LogP contribution in [0.5, 0.6) is 17.2 Å². The summed E-state index contributed by atoms with van der Waals surface area (Å²) >= 11 is 0. The van der Waals surface area contributed by atoms with Crippen molar-refractivity contribution in [2.75, 3.05) is 20.2 Å². The van der Waals surface area contributed by atoms with Crippen LogP contribution in [0.3, 0.4) is 0 Å². The maximum Gasteiger partial charge on any atom is 0.254 e. The smallest absolute Gasteiger partial charge is 0.254 e. The molecule has 1 fully saturated rings. The van der Waals surface area contributed by atoms with Crippen molar-refractivity contribution in [3.8, 4) is 17.2 Å². The first-order valence-electron chi connectivity index (χ1n) is 10.6. The van der Waals surface area contributed by atoms with Crippen molar-refractivity contribution in [3.63, 3.8) is 0 Å². The molecule has 182 valence electrons. The molecule has 0 aliphatic carbocycles. The summed E-state index contributed by atoms with van der Waals surface area (Å²) in [6, 6.07) is 15.2. The molecule has 1 aliphatic rings. The van der Waals surface area contributed by atoms with E-state index in [0.717, 1.165) is 18.5 Å². The maximum atomic E-state index is 13.9. The number of benzene rings is 2. The van der Waals surface area contributed by atoms with Crippen LogP contribution in [0.1, 0.15) is 28.0 Å². The zero-order valence-electron chi connectivity index (χ0n) is 18.8. The molecule has 1 saturated heterocycles. The number of ether oxygens (including phenoxy) is 2. The Morgan fingerprint density at radius 2 is 1.97 bits per heavy atom. The number of amides is 1. The molecule has 6 nitrogen and oxygen atoms in total. The summed E-state index contributed by atoms with van der Waals surface area (Å²) in [4.78, 5) is 19.4. The highest BCUT2D eigenvalue weighted by Crippen LogP contribution is 2.34. The minimum Gasteiger partial charge on any atom is -0.493 e. The molecule has 0 bridgehead atoms. The van der Waals surface area contributed by atoms with Gasteiger partial charge in [0.25, 0.3) is 5.91 Å². The second-order valence-corrected chi connectivity index (χ2v) is 7.90. The van der Waals surface area contributed by atoms with Crippen LogP contribution in [0.15, 0.2) is 60.8 Å². The number of hydrogen-bond acceptors (Lipinski definition) is 5. The minimum atomic E-state index is -0.440. The largest absolute Gasteiger partial charge is 0.493 e. The van der Waals surface area contributed by atoms with E-state index in [2.05, 4.69) is 4.98 Å². The molecule has 1 unspecified atom stereocenters. The maximum absolute atomic E-state index is 13.9. The molecule has 1 atom stereocenters. The number of pyridine rings is 1. The molecule has 1 aliphatic heterocycles. The summed E-state index contributed by atoms with van der Waals surface area (Å²) in [7, 11) is 1.52. The third kappa shape index (κ3) is 6.59. The Kier molecular flexibility index (Phi) is 10.1. The Labute approximate surface area is 211 Å².